The van der Waals surface area contributed by atoms with Gasteiger partial charge in [0.25, 0.3) is 5.91 Å². The Morgan fingerprint density at radius 2 is 2.13 bits per heavy atom. The van der Waals surface area contributed by atoms with Crippen LogP contribution in [0.2, 0.25) is 5.02 Å². The van der Waals surface area contributed by atoms with Crippen molar-refractivity contribution < 1.29 is 19.4 Å². The van der Waals surface area contributed by atoms with E-state index in [-0.39, 0.29) is 6.61 Å². The highest BCUT2D eigenvalue weighted by molar-refractivity contribution is 6.32. The van der Waals surface area contributed by atoms with Crippen LogP contribution in [0.4, 0.5) is 0 Å². The van der Waals surface area contributed by atoms with Crippen LogP contribution in [-0.4, -0.2) is 36.9 Å². The number of amides is 1. The molecule has 128 valence electrons. The normalized spacial score (nSPS) is 16.3. The quantitative estimate of drug-likeness (QED) is 0.667. The monoisotopic (exact) mass is 342 g/mol. The highest BCUT2D eigenvalue weighted by Gasteiger charge is 2.30. The smallest absolute Gasteiger partial charge is 0.255 e. The zero-order valence-corrected chi connectivity index (χ0v) is 14.0. The second-order valence-electron chi connectivity index (χ2n) is 5.90. The first-order chi connectivity index (χ1) is 10.9. The molecule has 1 aliphatic carbocycles. The van der Waals surface area contributed by atoms with Crippen molar-refractivity contribution in [2.45, 2.75) is 37.8 Å². The number of halogens is 1. The van der Waals surface area contributed by atoms with Crippen LogP contribution >= 0.6 is 11.6 Å². The van der Waals surface area contributed by atoms with Crippen LogP contribution in [-0.2, 0) is 11.3 Å². The van der Waals surface area contributed by atoms with Gasteiger partial charge in [-0.1, -0.05) is 24.4 Å². The molecule has 0 unspecified atom stereocenters. The van der Waals surface area contributed by atoms with Gasteiger partial charge in [0, 0.05) is 13.1 Å². The molecule has 23 heavy (non-hydrogen) atoms. The van der Waals surface area contributed by atoms with Crippen molar-refractivity contribution >= 4 is 17.5 Å². The number of aliphatic hydroxyl groups is 1. The Kier molecular flexibility index (Phi) is 6.10. The minimum Gasteiger partial charge on any atom is -0.493 e. The van der Waals surface area contributed by atoms with E-state index in [4.69, 9.17) is 26.8 Å². The maximum absolute atomic E-state index is 10.8. The number of ether oxygens (including phenoxy) is 2. The van der Waals surface area contributed by atoms with E-state index in [1.165, 1.54) is 7.11 Å². The van der Waals surface area contributed by atoms with E-state index >= 15 is 0 Å². The zero-order chi connectivity index (χ0) is 16.9. The average Bonchev–Trinajstić information content (AvgIpc) is 2.92. The highest BCUT2D eigenvalue weighted by atomic mass is 35.5. The first-order valence-corrected chi connectivity index (χ1v) is 8.02. The van der Waals surface area contributed by atoms with Gasteiger partial charge in [0.1, 0.15) is 0 Å². The van der Waals surface area contributed by atoms with Crippen LogP contribution in [0.15, 0.2) is 12.1 Å². The number of rotatable bonds is 8. The predicted octanol–water partition coefficient (Wildman–Crippen LogP) is 1.61. The third-order valence-electron chi connectivity index (χ3n) is 3.97. The van der Waals surface area contributed by atoms with Gasteiger partial charge in [0.2, 0.25) is 0 Å². The van der Waals surface area contributed by atoms with Crippen LogP contribution in [0, 0.1) is 0 Å². The van der Waals surface area contributed by atoms with Gasteiger partial charge in [-0.2, -0.15) is 0 Å². The number of benzene rings is 1. The molecule has 0 aliphatic heterocycles. The van der Waals surface area contributed by atoms with Crippen molar-refractivity contribution in [3.05, 3.63) is 22.7 Å². The Morgan fingerprint density at radius 3 is 2.74 bits per heavy atom. The summed E-state index contributed by atoms with van der Waals surface area (Å²) < 4.78 is 10.5. The van der Waals surface area contributed by atoms with Crippen molar-refractivity contribution in [1.29, 1.82) is 0 Å². The molecule has 1 aliphatic rings. The lowest BCUT2D eigenvalue weighted by Gasteiger charge is -2.22. The first-order valence-electron chi connectivity index (χ1n) is 7.64. The number of primary amides is 1. The van der Waals surface area contributed by atoms with E-state index in [9.17, 15) is 9.90 Å². The summed E-state index contributed by atoms with van der Waals surface area (Å²) in [6.07, 6.45) is 3.82. The predicted molar refractivity (Wildman–Crippen MR) is 87.8 cm³/mol. The van der Waals surface area contributed by atoms with E-state index in [2.05, 4.69) is 5.32 Å². The average molecular weight is 343 g/mol. The molecule has 1 fully saturated rings. The number of nitrogens with one attached hydrogen (secondary N) is 1. The summed E-state index contributed by atoms with van der Waals surface area (Å²) in [6, 6.07) is 3.53. The Balaban J connectivity index is 1.99. The minimum absolute atomic E-state index is 0.263. The number of carbonyl (C=O) groups is 1. The molecule has 0 bridgehead atoms. The number of hydrogen-bond acceptors (Lipinski definition) is 5. The van der Waals surface area contributed by atoms with E-state index in [1.54, 1.807) is 12.1 Å². The van der Waals surface area contributed by atoms with E-state index in [0.717, 1.165) is 31.2 Å². The molecule has 2 rings (SSSR count). The second kappa shape index (κ2) is 7.86. The number of nitrogens with two attached hydrogens (primary N) is 1. The zero-order valence-electron chi connectivity index (χ0n) is 13.2. The molecule has 1 aromatic rings. The number of methoxy groups -OCH3 is 1. The van der Waals surface area contributed by atoms with Gasteiger partial charge in [-0.25, -0.2) is 0 Å². The fraction of sp³-hybridized carbons (Fsp3) is 0.562. The molecule has 1 aromatic carbocycles. The van der Waals surface area contributed by atoms with Crippen LogP contribution in [0.3, 0.4) is 0 Å². The fourth-order valence-corrected chi connectivity index (χ4v) is 3.10. The Hall–Kier alpha value is -1.50. The van der Waals surface area contributed by atoms with Crippen molar-refractivity contribution in [2.24, 2.45) is 5.73 Å². The summed E-state index contributed by atoms with van der Waals surface area (Å²) in [4.78, 5) is 10.8. The van der Waals surface area contributed by atoms with Gasteiger partial charge < -0.3 is 25.6 Å². The van der Waals surface area contributed by atoms with E-state index in [0.29, 0.717) is 29.6 Å². The lowest BCUT2D eigenvalue weighted by molar-refractivity contribution is -0.119. The molecule has 7 heteroatoms. The summed E-state index contributed by atoms with van der Waals surface area (Å²) in [5.41, 5.74) is 5.37. The fourth-order valence-electron chi connectivity index (χ4n) is 2.81. The lowest BCUT2D eigenvalue weighted by Crippen LogP contribution is -2.37. The molecular weight excluding hydrogens is 320 g/mol. The van der Waals surface area contributed by atoms with Gasteiger partial charge >= 0.3 is 0 Å². The minimum atomic E-state index is -0.599. The Labute approximate surface area is 140 Å². The molecule has 0 heterocycles. The third-order valence-corrected chi connectivity index (χ3v) is 4.25. The SMILES string of the molecule is COc1cc(CNCC2(O)CCCC2)cc(Cl)c1OCC(N)=O. The molecule has 6 nitrogen and oxygen atoms in total. The lowest BCUT2D eigenvalue weighted by atomic mass is 10.0. The van der Waals surface area contributed by atoms with Crippen molar-refractivity contribution in [2.75, 3.05) is 20.3 Å². The van der Waals surface area contributed by atoms with Crippen LogP contribution in [0.25, 0.3) is 0 Å². The second-order valence-corrected chi connectivity index (χ2v) is 6.31. The summed E-state index contributed by atoms with van der Waals surface area (Å²) in [6.45, 7) is 0.835. The summed E-state index contributed by atoms with van der Waals surface area (Å²) >= 11 is 6.20. The van der Waals surface area contributed by atoms with Crippen molar-refractivity contribution in [3.63, 3.8) is 0 Å². The third kappa shape index (κ3) is 4.99. The number of carbonyl (C=O) groups excluding carboxylic acids is 1. The van der Waals surface area contributed by atoms with Crippen LogP contribution < -0.4 is 20.5 Å². The molecule has 0 atom stereocenters. The molecular formula is C16H23ClN2O4. The first kappa shape index (κ1) is 17.8. The van der Waals surface area contributed by atoms with Gasteiger partial charge in [-0.05, 0) is 30.5 Å². The van der Waals surface area contributed by atoms with E-state index < -0.39 is 11.5 Å². The molecule has 0 spiro atoms. The summed E-state index contributed by atoms with van der Waals surface area (Å²) in [5.74, 6) is 0.153. The van der Waals surface area contributed by atoms with Gasteiger partial charge in [0.15, 0.2) is 18.1 Å². The standard InChI is InChI=1S/C16H23ClN2O4/c1-22-13-7-11(6-12(17)15(13)23-9-14(18)20)8-19-10-16(21)4-2-3-5-16/h6-7,19,21H,2-5,8-10H2,1H3,(H2,18,20). The topological polar surface area (TPSA) is 93.8 Å². The van der Waals surface area contributed by atoms with Gasteiger partial charge in [-0.3, -0.25) is 4.79 Å². The van der Waals surface area contributed by atoms with Crippen LogP contribution in [0.5, 0.6) is 11.5 Å². The van der Waals surface area contributed by atoms with Gasteiger partial charge in [0.05, 0.1) is 17.7 Å². The summed E-state index contributed by atoms with van der Waals surface area (Å²) in [5, 5.41) is 13.9. The molecule has 0 saturated heterocycles. The molecule has 1 saturated carbocycles. The van der Waals surface area contributed by atoms with Crippen molar-refractivity contribution in [1.82, 2.24) is 5.32 Å². The molecule has 1 amide bonds. The largest absolute Gasteiger partial charge is 0.493 e. The van der Waals surface area contributed by atoms with Crippen molar-refractivity contribution in [3.8, 4) is 11.5 Å². The van der Waals surface area contributed by atoms with Crippen LogP contribution in [0.1, 0.15) is 31.2 Å². The maximum Gasteiger partial charge on any atom is 0.255 e. The molecule has 0 radical (unpaired) electrons. The molecule has 4 N–H and O–H groups in total. The van der Waals surface area contributed by atoms with Gasteiger partial charge in [-0.15, -0.1) is 0 Å². The highest BCUT2D eigenvalue weighted by Crippen LogP contribution is 2.36. The van der Waals surface area contributed by atoms with E-state index in [1.807, 2.05) is 0 Å². The molecule has 0 aromatic heterocycles. The Morgan fingerprint density at radius 1 is 1.43 bits per heavy atom. The number of hydrogen-bond donors (Lipinski definition) is 3. The summed E-state index contributed by atoms with van der Waals surface area (Å²) in [7, 11) is 1.50. The maximum atomic E-state index is 10.8. The Bertz CT molecular complexity index is 559.